The van der Waals surface area contributed by atoms with Crippen molar-refractivity contribution in [1.82, 2.24) is 15.1 Å². The van der Waals surface area contributed by atoms with Crippen LogP contribution in [0.15, 0.2) is 48.7 Å². The molecule has 0 aliphatic carbocycles. The maximum atomic E-state index is 13.2. The number of hydrogen-bond donors (Lipinski definition) is 1. The molecule has 4 nitrogen and oxygen atoms in total. The smallest absolute Gasteiger partial charge is 0.123 e. The van der Waals surface area contributed by atoms with Crippen molar-refractivity contribution in [1.29, 1.82) is 0 Å². The maximum Gasteiger partial charge on any atom is 0.123 e. The summed E-state index contributed by atoms with van der Waals surface area (Å²) in [5.74, 6) is -0.224. The number of aryl methyl sites for hydroxylation is 2. The van der Waals surface area contributed by atoms with Gasteiger partial charge >= 0.3 is 0 Å². The highest BCUT2D eigenvalue weighted by atomic mass is 19.1. The van der Waals surface area contributed by atoms with E-state index in [1.54, 1.807) is 12.1 Å². The van der Waals surface area contributed by atoms with Crippen LogP contribution in [-0.2, 0) is 6.54 Å². The molecule has 0 unspecified atom stereocenters. The predicted molar refractivity (Wildman–Crippen MR) is 107 cm³/mol. The lowest BCUT2D eigenvalue weighted by atomic mass is 10.1. The zero-order valence-corrected chi connectivity index (χ0v) is 15.9. The second-order valence-corrected chi connectivity index (χ2v) is 7.30. The Labute approximate surface area is 159 Å². The fourth-order valence-electron chi connectivity index (χ4n) is 3.62. The van der Waals surface area contributed by atoms with Crippen LogP contribution < -0.4 is 4.90 Å². The largest absolute Gasteiger partial charge is 0.369 e. The number of halogens is 1. The number of aromatic amines is 1. The van der Waals surface area contributed by atoms with E-state index in [2.05, 4.69) is 52.0 Å². The van der Waals surface area contributed by atoms with Gasteiger partial charge in [0.1, 0.15) is 5.82 Å². The molecule has 3 aromatic rings. The number of rotatable bonds is 4. The molecule has 2 heterocycles. The van der Waals surface area contributed by atoms with E-state index in [1.165, 1.54) is 28.9 Å². The van der Waals surface area contributed by atoms with Gasteiger partial charge in [-0.2, -0.15) is 5.10 Å². The zero-order valence-electron chi connectivity index (χ0n) is 15.9. The Bertz CT molecular complexity index is 908. The van der Waals surface area contributed by atoms with Gasteiger partial charge in [0.2, 0.25) is 0 Å². The Hall–Kier alpha value is -2.66. The van der Waals surface area contributed by atoms with Crippen LogP contribution in [0.2, 0.25) is 0 Å². The van der Waals surface area contributed by atoms with Gasteiger partial charge in [0, 0.05) is 55.7 Å². The van der Waals surface area contributed by atoms with Gasteiger partial charge in [-0.05, 0) is 61.4 Å². The number of nitrogens with one attached hydrogen (secondary N) is 1. The van der Waals surface area contributed by atoms with E-state index in [1.807, 2.05) is 6.20 Å². The first kappa shape index (κ1) is 17.7. The first-order valence-corrected chi connectivity index (χ1v) is 9.43. The number of H-pyrrole nitrogens is 1. The van der Waals surface area contributed by atoms with Crippen LogP contribution >= 0.6 is 0 Å². The van der Waals surface area contributed by atoms with E-state index in [0.29, 0.717) is 0 Å². The van der Waals surface area contributed by atoms with Crippen molar-refractivity contribution in [2.45, 2.75) is 20.4 Å². The molecule has 1 saturated heterocycles. The second kappa shape index (κ2) is 7.53. The Morgan fingerprint density at radius 1 is 0.963 bits per heavy atom. The molecule has 1 aliphatic heterocycles. The van der Waals surface area contributed by atoms with Crippen LogP contribution in [0.25, 0.3) is 11.3 Å². The van der Waals surface area contributed by atoms with Crippen molar-refractivity contribution in [3.8, 4) is 11.3 Å². The minimum absolute atomic E-state index is 0.224. The van der Waals surface area contributed by atoms with E-state index in [9.17, 15) is 4.39 Å². The monoisotopic (exact) mass is 364 g/mol. The van der Waals surface area contributed by atoms with Gasteiger partial charge in [-0.1, -0.05) is 6.07 Å². The molecule has 0 amide bonds. The highest BCUT2D eigenvalue weighted by molar-refractivity contribution is 5.62. The lowest BCUT2D eigenvalue weighted by Crippen LogP contribution is -2.46. The third-order valence-corrected chi connectivity index (χ3v) is 5.46. The van der Waals surface area contributed by atoms with E-state index >= 15 is 0 Å². The minimum atomic E-state index is -0.224. The third-order valence-electron chi connectivity index (χ3n) is 5.46. The second-order valence-electron chi connectivity index (χ2n) is 7.30. The van der Waals surface area contributed by atoms with Crippen molar-refractivity contribution in [2.24, 2.45) is 0 Å². The summed E-state index contributed by atoms with van der Waals surface area (Å²) < 4.78 is 13.2. The normalized spacial score (nSPS) is 15.3. The molecule has 1 aliphatic rings. The first-order valence-electron chi connectivity index (χ1n) is 9.43. The van der Waals surface area contributed by atoms with Crippen molar-refractivity contribution < 1.29 is 4.39 Å². The molecule has 1 fully saturated rings. The number of piperazine rings is 1. The van der Waals surface area contributed by atoms with Crippen LogP contribution in [0, 0.1) is 19.7 Å². The molecule has 0 spiro atoms. The van der Waals surface area contributed by atoms with E-state index < -0.39 is 0 Å². The highest BCUT2D eigenvalue weighted by Crippen LogP contribution is 2.24. The standard InChI is InChI=1S/C22H25FN4/c1-16-3-8-21(13-17(16)2)27-11-9-26(10-12-27)15-19-14-24-25-22(19)18-4-6-20(23)7-5-18/h3-8,13-14H,9-12,15H2,1-2H3,(H,24,25). The van der Waals surface area contributed by atoms with Gasteiger partial charge in [0.05, 0.1) is 5.69 Å². The molecule has 140 valence electrons. The summed E-state index contributed by atoms with van der Waals surface area (Å²) in [7, 11) is 0. The zero-order chi connectivity index (χ0) is 18.8. The van der Waals surface area contributed by atoms with Crippen LogP contribution in [-0.4, -0.2) is 41.3 Å². The van der Waals surface area contributed by atoms with E-state index in [-0.39, 0.29) is 5.82 Å². The molecule has 0 bridgehead atoms. The number of hydrogen-bond acceptors (Lipinski definition) is 3. The highest BCUT2D eigenvalue weighted by Gasteiger charge is 2.19. The third kappa shape index (κ3) is 3.88. The minimum Gasteiger partial charge on any atom is -0.369 e. The lowest BCUT2D eigenvalue weighted by Gasteiger charge is -2.36. The summed E-state index contributed by atoms with van der Waals surface area (Å²) in [5.41, 5.74) is 7.00. The molecule has 4 rings (SSSR count). The van der Waals surface area contributed by atoms with Crippen LogP contribution in [0.4, 0.5) is 10.1 Å². The summed E-state index contributed by atoms with van der Waals surface area (Å²) in [6, 6.07) is 13.2. The quantitative estimate of drug-likeness (QED) is 0.755. The molecule has 1 N–H and O–H groups in total. The molecule has 5 heteroatoms. The molecule has 0 saturated carbocycles. The molecule has 2 aromatic carbocycles. The SMILES string of the molecule is Cc1ccc(N2CCN(Cc3c[nH]nc3-c3ccc(F)cc3)CC2)cc1C. The average Bonchev–Trinajstić information content (AvgIpc) is 3.13. The van der Waals surface area contributed by atoms with Gasteiger partial charge in [-0.3, -0.25) is 10.00 Å². The number of benzene rings is 2. The summed E-state index contributed by atoms with van der Waals surface area (Å²) >= 11 is 0. The molecular formula is C22H25FN4. The number of anilines is 1. The summed E-state index contributed by atoms with van der Waals surface area (Å²) in [5, 5.41) is 7.34. The van der Waals surface area contributed by atoms with Gasteiger partial charge in [-0.25, -0.2) is 4.39 Å². The Morgan fingerprint density at radius 3 is 2.41 bits per heavy atom. The van der Waals surface area contributed by atoms with E-state index in [0.717, 1.165) is 49.5 Å². The number of aromatic nitrogens is 2. The Morgan fingerprint density at radius 2 is 1.70 bits per heavy atom. The summed E-state index contributed by atoms with van der Waals surface area (Å²) in [6.07, 6.45) is 1.95. The van der Waals surface area contributed by atoms with Gasteiger partial charge in [0.25, 0.3) is 0 Å². The fourth-order valence-corrected chi connectivity index (χ4v) is 3.62. The molecule has 27 heavy (non-hydrogen) atoms. The predicted octanol–water partition coefficient (Wildman–Crippen LogP) is 4.15. The molecular weight excluding hydrogens is 339 g/mol. The van der Waals surface area contributed by atoms with Gasteiger partial charge < -0.3 is 4.90 Å². The average molecular weight is 364 g/mol. The molecule has 0 radical (unpaired) electrons. The van der Waals surface area contributed by atoms with Crippen LogP contribution in [0.3, 0.4) is 0 Å². The van der Waals surface area contributed by atoms with Gasteiger partial charge in [-0.15, -0.1) is 0 Å². The topological polar surface area (TPSA) is 35.2 Å². The Kier molecular flexibility index (Phi) is 4.94. The van der Waals surface area contributed by atoms with Crippen molar-refractivity contribution in [3.63, 3.8) is 0 Å². The summed E-state index contributed by atoms with van der Waals surface area (Å²) in [4.78, 5) is 4.91. The van der Waals surface area contributed by atoms with Crippen molar-refractivity contribution in [2.75, 3.05) is 31.1 Å². The van der Waals surface area contributed by atoms with Crippen LogP contribution in [0.5, 0.6) is 0 Å². The molecule has 0 atom stereocenters. The molecule has 1 aromatic heterocycles. The van der Waals surface area contributed by atoms with Crippen molar-refractivity contribution in [3.05, 3.63) is 71.2 Å². The summed E-state index contributed by atoms with van der Waals surface area (Å²) in [6.45, 7) is 9.25. The Balaban J connectivity index is 1.41. The fraction of sp³-hybridized carbons (Fsp3) is 0.318. The van der Waals surface area contributed by atoms with Crippen LogP contribution in [0.1, 0.15) is 16.7 Å². The van der Waals surface area contributed by atoms with Crippen molar-refractivity contribution >= 4 is 5.69 Å². The van der Waals surface area contributed by atoms with E-state index in [4.69, 9.17) is 0 Å². The lowest BCUT2D eigenvalue weighted by molar-refractivity contribution is 0.250. The van der Waals surface area contributed by atoms with Gasteiger partial charge in [0.15, 0.2) is 0 Å². The first-order chi connectivity index (χ1) is 13.1. The number of nitrogens with zero attached hydrogens (tertiary/aromatic N) is 3. The maximum absolute atomic E-state index is 13.2.